The fourth-order valence-corrected chi connectivity index (χ4v) is 2.38. The Bertz CT molecular complexity index is 160. The minimum atomic E-state index is -0.0973. The van der Waals surface area contributed by atoms with Crippen LogP contribution >= 0.6 is 0 Å². The summed E-state index contributed by atoms with van der Waals surface area (Å²) in [6.45, 7) is 1.92. The number of hydrogen-bond donors (Lipinski definition) is 1. The van der Waals surface area contributed by atoms with Gasteiger partial charge in [0.2, 0.25) is 0 Å². The molecular weight excluding hydrogens is 124 g/mol. The highest BCUT2D eigenvalue weighted by molar-refractivity contribution is 5.10. The lowest BCUT2D eigenvalue weighted by Gasteiger charge is -2.20. The van der Waals surface area contributed by atoms with Crippen molar-refractivity contribution in [2.75, 3.05) is 0 Å². The van der Waals surface area contributed by atoms with Crippen molar-refractivity contribution in [2.24, 2.45) is 17.8 Å². The molecule has 2 bridgehead atoms. The molecule has 0 aromatic carbocycles. The number of hydrogen-bond acceptors (Lipinski definition) is 1. The highest BCUT2D eigenvalue weighted by Crippen LogP contribution is 2.44. The summed E-state index contributed by atoms with van der Waals surface area (Å²) in [7, 11) is 0. The van der Waals surface area contributed by atoms with E-state index in [-0.39, 0.29) is 6.10 Å². The molecule has 0 aliphatic heterocycles. The molecule has 1 nitrogen and oxygen atoms in total. The number of allylic oxidation sites excluding steroid dienone is 2. The molecule has 0 aromatic rings. The summed E-state index contributed by atoms with van der Waals surface area (Å²) in [5.74, 6) is 2.06. The highest BCUT2D eigenvalue weighted by atomic mass is 16.3. The van der Waals surface area contributed by atoms with E-state index < -0.39 is 0 Å². The van der Waals surface area contributed by atoms with Crippen molar-refractivity contribution >= 4 is 0 Å². The fourth-order valence-electron chi connectivity index (χ4n) is 2.38. The Balaban J connectivity index is 2.09. The van der Waals surface area contributed by atoms with Gasteiger partial charge >= 0.3 is 0 Å². The van der Waals surface area contributed by atoms with Crippen LogP contribution in [0.25, 0.3) is 0 Å². The third-order valence-electron chi connectivity index (χ3n) is 2.95. The van der Waals surface area contributed by atoms with E-state index in [0.29, 0.717) is 11.8 Å². The van der Waals surface area contributed by atoms with Crippen LogP contribution in [0.4, 0.5) is 0 Å². The molecule has 56 valence electrons. The number of aliphatic hydroxyl groups excluding tert-OH is 1. The maximum Gasteiger partial charge on any atom is 0.0546 e. The normalized spacial score (nSPS) is 46.4. The summed E-state index contributed by atoms with van der Waals surface area (Å²) in [4.78, 5) is 0. The van der Waals surface area contributed by atoms with Crippen molar-refractivity contribution in [3.05, 3.63) is 12.2 Å². The Morgan fingerprint density at radius 2 is 2.20 bits per heavy atom. The Hall–Kier alpha value is -0.300. The minimum Gasteiger partial charge on any atom is -0.393 e. The lowest BCUT2D eigenvalue weighted by Crippen LogP contribution is -2.20. The van der Waals surface area contributed by atoms with Gasteiger partial charge in [-0.2, -0.15) is 0 Å². The van der Waals surface area contributed by atoms with Crippen LogP contribution in [0.15, 0.2) is 12.2 Å². The molecule has 2 aliphatic carbocycles. The van der Waals surface area contributed by atoms with Crippen molar-refractivity contribution in [3.63, 3.8) is 0 Å². The highest BCUT2D eigenvalue weighted by Gasteiger charge is 2.37. The third-order valence-corrected chi connectivity index (χ3v) is 2.95. The van der Waals surface area contributed by atoms with Gasteiger partial charge in [-0.1, -0.05) is 12.2 Å². The van der Waals surface area contributed by atoms with Crippen LogP contribution in [-0.2, 0) is 0 Å². The molecule has 0 spiro atoms. The lowest BCUT2D eigenvalue weighted by atomic mass is 9.89. The van der Waals surface area contributed by atoms with Gasteiger partial charge < -0.3 is 5.11 Å². The molecule has 0 radical (unpaired) electrons. The molecule has 0 saturated heterocycles. The molecule has 10 heavy (non-hydrogen) atoms. The van der Waals surface area contributed by atoms with E-state index in [4.69, 9.17) is 0 Å². The SMILES string of the molecule is C[C@@H](O)C1CC2C=CC1C2. The quantitative estimate of drug-likeness (QED) is 0.545. The van der Waals surface area contributed by atoms with E-state index in [9.17, 15) is 5.11 Å². The predicted octanol–water partition coefficient (Wildman–Crippen LogP) is 1.58. The monoisotopic (exact) mass is 138 g/mol. The topological polar surface area (TPSA) is 20.2 Å². The molecule has 1 N–H and O–H groups in total. The number of aliphatic hydroxyl groups is 1. The summed E-state index contributed by atoms with van der Waals surface area (Å²) >= 11 is 0. The van der Waals surface area contributed by atoms with E-state index in [1.807, 2.05) is 6.92 Å². The van der Waals surface area contributed by atoms with E-state index in [2.05, 4.69) is 12.2 Å². The molecule has 1 fully saturated rings. The first kappa shape index (κ1) is 6.41. The first-order valence-electron chi connectivity index (χ1n) is 4.14. The van der Waals surface area contributed by atoms with Gasteiger partial charge in [0.25, 0.3) is 0 Å². The zero-order valence-corrected chi connectivity index (χ0v) is 6.33. The van der Waals surface area contributed by atoms with Crippen LogP contribution < -0.4 is 0 Å². The second-order valence-corrected chi connectivity index (χ2v) is 3.68. The Morgan fingerprint density at radius 1 is 1.40 bits per heavy atom. The van der Waals surface area contributed by atoms with Crippen molar-refractivity contribution < 1.29 is 5.11 Å². The second-order valence-electron chi connectivity index (χ2n) is 3.68. The van der Waals surface area contributed by atoms with Crippen LogP contribution in [0.5, 0.6) is 0 Å². The number of rotatable bonds is 1. The summed E-state index contributed by atoms with van der Waals surface area (Å²) in [5.41, 5.74) is 0. The maximum atomic E-state index is 9.34. The average Bonchev–Trinajstić information content (AvgIpc) is 2.44. The zero-order chi connectivity index (χ0) is 7.14. The second kappa shape index (κ2) is 2.09. The maximum absolute atomic E-state index is 9.34. The molecular formula is C9H14O. The van der Waals surface area contributed by atoms with Gasteiger partial charge in [0.1, 0.15) is 0 Å². The van der Waals surface area contributed by atoms with E-state index in [1.54, 1.807) is 0 Å². The van der Waals surface area contributed by atoms with Crippen molar-refractivity contribution in [2.45, 2.75) is 25.9 Å². The standard InChI is InChI=1S/C9H14O/c1-6(10)9-5-7-2-3-8(9)4-7/h2-3,6-10H,4-5H2,1H3/t6-,7?,8?,9?/m1/s1. The first-order valence-corrected chi connectivity index (χ1v) is 4.14. The van der Waals surface area contributed by atoms with Crippen LogP contribution in [-0.4, -0.2) is 11.2 Å². The molecule has 0 heterocycles. The van der Waals surface area contributed by atoms with Crippen LogP contribution in [0.3, 0.4) is 0 Å². The van der Waals surface area contributed by atoms with E-state index >= 15 is 0 Å². The van der Waals surface area contributed by atoms with Gasteiger partial charge in [0, 0.05) is 0 Å². The molecule has 0 aromatic heterocycles. The summed E-state index contributed by atoms with van der Waals surface area (Å²) in [6.07, 6.45) is 7.02. The van der Waals surface area contributed by atoms with Crippen LogP contribution in [0.1, 0.15) is 19.8 Å². The van der Waals surface area contributed by atoms with Gasteiger partial charge in [-0.3, -0.25) is 0 Å². The average molecular weight is 138 g/mol. The number of fused-ring (bicyclic) bond motifs is 2. The third kappa shape index (κ3) is 0.807. The summed E-state index contributed by atoms with van der Waals surface area (Å²) in [6, 6.07) is 0. The molecule has 0 amide bonds. The van der Waals surface area contributed by atoms with Crippen molar-refractivity contribution in [1.29, 1.82) is 0 Å². The molecule has 2 aliphatic rings. The smallest absolute Gasteiger partial charge is 0.0546 e. The van der Waals surface area contributed by atoms with Crippen molar-refractivity contribution in [1.82, 2.24) is 0 Å². The van der Waals surface area contributed by atoms with Gasteiger partial charge in [-0.05, 0) is 37.5 Å². The lowest BCUT2D eigenvalue weighted by molar-refractivity contribution is 0.111. The molecule has 2 rings (SSSR count). The van der Waals surface area contributed by atoms with Gasteiger partial charge in [-0.25, -0.2) is 0 Å². The molecule has 1 saturated carbocycles. The van der Waals surface area contributed by atoms with E-state index in [1.165, 1.54) is 12.8 Å². The predicted molar refractivity (Wildman–Crippen MR) is 40.5 cm³/mol. The van der Waals surface area contributed by atoms with Gasteiger partial charge in [0.15, 0.2) is 0 Å². The molecule has 1 heteroatoms. The summed E-state index contributed by atoms with van der Waals surface area (Å²) < 4.78 is 0. The summed E-state index contributed by atoms with van der Waals surface area (Å²) in [5, 5.41) is 9.34. The first-order chi connectivity index (χ1) is 4.77. The van der Waals surface area contributed by atoms with Crippen LogP contribution in [0, 0.1) is 17.8 Å². The van der Waals surface area contributed by atoms with Gasteiger partial charge in [-0.15, -0.1) is 0 Å². The Labute approximate surface area is 61.8 Å². The van der Waals surface area contributed by atoms with E-state index in [0.717, 1.165) is 5.92 Å². The largest absolute Gasteiger partial charge is 0.393 e. The Morgan fingerprint density at radius 3 is 2.50 bits per heavy atom. The Kier molecular flexibility index (Phi) is 1.34. The van der Waals surface area contributed by atoms with Gasteiger partial charge in [0.05, 0.1) is 6.10 Å². The van der Waals surface area contributed by atoms with Crippen LogP contribution in [0.2, 0.25) is 0 Å². The van der Waals surface area contributed by atoms with Crippen molar-refractivity contribution in [3.8, 4) is 0 Å². The minimum absolute atomic E-state index is 0.0973. The fraction of sp³-hybridized carbons (Fsp3) is 0.778. The zero-order valence-electron chi connectivity index (χ0n) is 6.33. The molecule has 3 unspecified atom stereocenters. The molecule has 4 atom stereocenters.